The molecule has 11 nitrogen and oxygen atoms in total. The van der Waals surface area contributed by atoms with Crippen molar-refractivity contribution in [3.8, 4) is 11.3 Å². The number of nitrogens with zero attached hydrogens (tertiary/aromatic N) is 7. The number of halogens is 1. The van der Waals surface area contributed by atoms with Crippen LogP contribution in [0, 0.1) is 5.82 Å². The van der Waals surface area contributed by atoms with Crippen LogP contribution < -0.4 is 10.2 Å². The number of aliphatic hydroxyl groups excluding tert-OH is 1. The van der Waals surface area contributed by atoms with E-state index in [2.05, 4.69) is 46.1 Å². The summed E-state index contributed by atoms with van der Waals surface area (Å²) in [6.45, 7) is 9.04. The Morgan fingerprint density at radius 2 is 1.82 bits per heavy atom. The summed E-state index contributed by atoms with van der Waals surface area (Å²) in [7, 11) is 0. The molecule has 1 saturated carbocycles. The van der Waals surface area contributed by atoms with Crippen molar-refractivity contribution in [2.75, 3.05) is 36.4 Å². The SMILES string of the molecule is CC[C@H](O)C(=O)N1CCC2(CC1)C(=O)N(C1CC(N3CCCCC3)C1)c1cc(-c3cc4ncn(C(C)C)c4c(Nc4ccncc4F)n3)ccc12. The topological polar surface area (TPSA) is 120 Å². The van der Waals surface area contributed by atoms with Crippen molar-refractivity contribution in [3.63, 3.8) is 0 Å². The molecule has 1 aliphatic carbocycles. The number of benzene rings is 1. The number of imidazole rings is 1. The molecule has 3 aliphatic heterocycles. The predicted molar refractivity (Wildman–Crippen MR) is 194 cm³/mol. The minimum Gasteiger partial charge on any atom is -0.383 e. The minimum atomic E-state index is -1.02. The lowest BCUT2D eigenvalue weighted by atomic mass is 9.73. The quantitative estimate of drug-likeness (QED) is 0.232. The Kier molecular flexibility index (Phi) is 8.78. The van der Waals surface area contributed by atoms with Crippen molar-refractivity contribution < 1.29 is 19.1 Å². The van der Waals surface area contributed by atoms with Gasteiger partial charge < -0.3 is 29.7 Å². The van der Waals surface area contributed by atoms with E-state index in [0.717, 1.165) is 53.8 Å². The maximum atomic E-state index is 14.8. The third-order valence-electron chi connectivity index (χ3n) is 11.8. The molecule has 1 aromatic carbocycles. The van der Waals surface area contributed by atoms with Crippen LogP contribution >= 0.6 is 0 Å². The van der Waals surface area contributed by atoms with Crippen LogP contribution in [-0.2, 0) is 15.0 Å². The number of hydrogen-bond acceptors (Lipinski definition) is 8. The largest absolute Gasteiger partial charge is 0.383 e. The van der Waals surface area contributed by atoms with Gasteiger partial charge in [0.05, 0.1) is 34.8 Å². The first-order valence-electron chi connectivity index (χ1n) is 18.6. The molecule has 4 aromatic rings. The zero-order chi connectivity index (χ0) is 35.4. The maximum Gasteiger partial charge on any atom is 0.251 e. The van der Waals surface area contributed by atoms with Crippen molar-refractivity contribution in [1.82, 2.24) is 29.3 Å². The fourth-order valence-electron chi connectivity index (χ4n) is 8.73. The molecule has 2 saturated heterocycles. The maximum absolute atomic E-state index is 14.8. The highest BCUT2D eigenvalue weighted by Gasteiger charge is 2.56. The number of piperidine rings is 2. The molecule has 2 N–H and O–H groups in total. The van der Waals surface area contributed by atoms with Crippen molar-refractivity contribution in [3.05, 3.63) is 60.4 Å². The van der Waals surface area contributed by atoms with Crippen molar-refractivity contribution in [2.24, 2.45) is 0 Å². The lowest BCUT2D eigenvalue weighted by Crippen LogP contribution is -2.58. The van der Waals surface area contributed by atoms with Gasteiger partial charge in [0.1, 0.15) is 11.6 Å². The number of hydrogen-bond donors (Lipinski definition) is 2. The molecule has 0 unspecified atom stereocenters. The van der Waals surface area contributed by atoms with Crippen LogP contribution in [0.15, 0.2) is 49.1 Å². The van der Waals surface area contributed by atoms with E-state index in [1.807, 2.05) is 16.7 Å². The van der Waals surface area contributed by atoms with Crippen molar-refractivity contribution in [1.29, 1.82) is 0 Å². The van der Waals surface area contributed by atoms with E-state index in [1.54, 1.807) is 24.2 Å². The number of carbonyl (C=O) groups excluding carboxylic acids is 2. The first-order chi connectivity index (χ1) is 24.7. The average molecular weight is 695 g/mol. The molecule has 268 valence electrons. The molecule has 3 aromatic heterocycles. The molecule has 0 radical (unpaired) electrons. The lowest BCUT2D eigenvalue weighted by molar-refractivity contribution is -0.143. The first kappa shape index (κ1) is 33.7. The van der Waals surface area contributed by atoms with E-state index >= 15 is 0 Å². The zero-order valence-corrected chi connectivity index (χ0v) is 29.7. The monoisotopic (exact) mass is 694 g/mol. The smallest absolute Gasteiger partial charge is 0.251 e. The number of nitrogens with one attached hydrogen (secondary N) is 1. The van der Waals surface area contributed by atoms with Crippen LogP contribution in [0.25, 0.3) is 22.3 Å². The number of rotatable bonds is 8. The van der Waals surface area contributed by atoms with Gasteiger partial charge in [-0.25, -0.2) is 14.4 Å². The highest BCUT2D eigenvalue weighted by atomic mass is 19.1. The molecule has 4 aliphatic rings. The second kappa shape index (κ2) is 13.3. The van der Waals surface area contributed by atoms with Crippen LogP contribution in [0.2, 0.25) is 0 Å². The second-order valence-electron chi connectivity index (χ2n) is 15.1. The van der Waals surface area contributed by atoms with Gasteiger partial charge in [-0.15, -0.1) is 0 Å². The molecule has 0 bridgehead atoms. The van der Waals surface area contributed by atoms with Gasteiger partial charge >= 0.3 is 0 Å². The van der Waals surface area contributed by atoms with Gasteiger partial charge in [0.2, 0.25) is 5.91 Å². The minimum absolute atomic E-state index is 0.100. The molecular formula is C39H47FN8O3. The van der Waals surface area contributed by atoms with E-state index in [1.165, 1.54) is 31.7 Å². The van der Waals surface area contributed by atoms with Gasteiger partial charge in [-0.1, -0.05) is 25.5 Å². The van der Waals surface area contributed by atoms with Crippen LogP contribution in [-0.4, -0.2) is 90.6 Å². The number of aromatic nitrogens is 4. The molecule has 1 spiro atoms. The van der Waals surface area contributed by atoms with Gasteiger partial charge in [0.15, 0.2) is 11.6 Å². The van der Waals surface area contributed by atoms with E-state index in [-0.39, 0.29) is 29.6 Å². The summed E-state index contributed by atoms with van der Waals surface area (Å²) in [5.74, 6) is -0.135. The van der Waals surface area contributed by atoms with Gasteiger partial charge in [-0.2, -0.15) is 0 Å². The summed E-state index contributed by atoms with van der Waals surface area (Å²) in [6, 6.07) is 10.4. The number of anilines is 3. The van der Waals surface area contributed by atoms with E-state index in [4.69, 9.17) is 9.97 Å². The Morgan fingerprint density at radius 3 is 2.53 bits per heavy atom. The van der Waals surface area contributed by atoms with Gasteiger partial charge in [0, 0.05) is 48.7 Å². The molecular weight excluding hydrogens is 647 g/mol. The average Bonchev–Trinajstić information content (AvgIpc) is 3.66. The highest BCUT2D eigenvalue weighted by molar-refractivity contribution is 6.09. The van der Waals surface area contributed by atoms with Crippen LogP contribution in [0.3, 0.4) is 0 Å². The molecule has 8 rings (SSSR count). The Hall–Kier alpha value is -4.42. The van der Waals surface area contributed by atoms with E-state index < -0.39 is 17.3 Å². The number of amides is 2. The number of pyridine rings is 2. The lowest BCUT2D eigenvalue weighted by Gasteiger charge is -2.48. The van der Waals surface area contributed by atoms with Crippen LogP contribution in [0.5, 0.6) is 0 Å². The molecule has 51 heavy (non-hydrogen) atoms. The zero-order valence-electron chi connectivity index (χ0n) is 29.7. The summed E-state index contributed by atoms with van der Waals surface area (Å²) in [6.07, 6.45) is 10.5. The van der Waals surface area contributed by atoms with Crippen molar-refractivity contribution >= 4 is 40.0 Å². The Labute approximate surface area is 297 Å². The number of fused-ring (bicyclic) bond motifs is 3. The second-order valence-corrected chi connectivity index (χ2v) is 15.1. The normalized spacial score (nSPS) is 22.4. The van der Waals surface area contributed by atoms with E-state index in [9.17, 15) is 19.1 Å². The van der Waals surface area contributed by atoms with Crippen LogP contribution in [0.4, 0.5) is 21.6 Å². The summed E-state index contributed by atoms with van der Waals surface area (Å²) in [5.41, 5.74) is 4.47. The van der Waals surface area contributed by atoms with Gasteiger partial charge in [0.25, 0.3) is 5.91 Å². The summed E-state index contributed by atoms with van der Waals surface area (Å²) in [5, 5.41) is 13.5. The Morgan fingerprint density at radius 1 is 1.06 bits per heavy atom. The third-order valence-corrected chi connectivity index (χ3v) is 11.8. The van der Waals surface area contributed by atoms with Crippen LogP contribution in [0.1, 0.15) is 83.7 Å². The number of likely N-dealkylation sites (tertiary alicyclic amines) is 2. The van der Waals surface area contributed by atoms with Gasteiger partial charge in [-0.05, 0) is 95.6 Å². The van der Waals surface area contributed by atoms with Gasteiger partial charge in [-0.3, -0.25) is 14.6 Å². The summed E-state index contributed by atoms with van der Waals surface area (Å²) in [4.78, 5) is 47.7. The van der Waals surface area contributed by atoms with E-state index in [0.29, 0.717) is 49.9 Å². The number of carbonyl (C=O) groups is 2. The fraction of sp³-hybridized carbons (Fsp3) is 0.513. The van der Waals surface area contributed by atoms with Crippen molar-refractivity contribution in [2.45, 2.75) is 102 Å². The Bertz CT molecular complexity index is 1960. The standard InChI is InChI=1S/C39H47FN8O3/c1-4-34(49)37(50)46-16-11-39(12-17-46)28-9-8-25(18-33(28)48(38(39)51)27-19-26(20-27)45-14-6-5-7-15-45)31-21-32-35(47(23-42-32)24(2)3)36(44-31)43-30-10-13-41-22-29(30)40/h8-10,13,18,21-24,26-27,34,49H,4-7,11-12,14-17,19-20H2,1-3H3,(H,41,43,44)/t26?,27?,34-/m0/s1. The Balaban J connectivity index is 1.17. The molecule has 6 heterocycles. The molecule has 3 fully saturated rings. The predicted octanol–water partition coefficient (Wildman–Crippen LogP) is 5.95. The molecule has 12 heteroatoms. The first-order valence-corrected chi connectivity index (χ1v) is 18.6. The highest BCUT2D eigenvalue weighted by Crippen LogP contribution is 2.52. The summed E-state index contributed by atoms with van der Waals surface area (Å²) < 4.78 is 16.8. The third kappa shape index (κ3) is 5.76. The fourth-order valence-corrected chi connectivity index (χ4v) is 8.73. The molecule has 1 atom stereocenters. The molecule has 2 amide bonds. The summed E-state index contributed by atoms with van der Waals surface area (Å²) >= 11 is 0. The number of aliphatic hydroxyl groups is 1.